The number of anilines is 1. The van der Waals surface area contributed by atoms with Gasteiger partial charge in [0, 0.05) is 24.2 Å². The molecule has 1 unspecified atom stereocenters. The molecule has 3 aromatic rings. The van der Waals surface area contributed by atoms with Crippen molar-refractivity contribution in [1.82, 2.24) is 10.2 Å². The maximum Gasteiger partial charge on any atom is 0.264 e. The molecule has 3 aromatic carbocycles. The molecule has 0 aliphatic heterocycles. The van der Waals surface area contributed by atoms with Gasteiger partial charge in [-0.05, 0) is 74.9 Å². The van der Waals surface area contributed by atoms with Crippen LogP contribution in [0.15, 0.2) is 71.6 Å². The number of benzene rings is 3. The molecule has 0 spiro atoms. The van der Waals surface area contributed by atoms with Crippen LogP contribution in [0.3, 0.4) is 0 Å². The van der Waals surface area contributed by atoms with Crippen LogP contribution in [0.4, 0.5) is 5.69 Å². The lowest BCUT2D eigenvalue weighted by molar-refractivity contribution is -0.139. The summed E-state index contributed by atoms with van der Waals surface area (Å²) in [6.45, 7) is 5.45. The molecule has 0 aromatic heterocycles. The summed E-state index contributed by atoms with van der Waals surface area (Å²) in [7, 11) is -1.47. The van der Waals surface area contributed by atoms with Crippen molar-refractivity contribution in [3.63, 3.8) is 0 Å². The summed E-state index contributed by atoms with van der Waals surface area (Å²) in [5.41, 5.74) is 0.914. The molecule has 0 aliphatic carbocycles. The van der Waals surface area contributed by atoms with E-state index >= 15 is 0 Å². The molecule has 0 bridgehead atoms. The number of sulfonamides is 1. The lowest BCUT2D eigenvalue weighted by Crippen LogP contribution is -2.51. The molecule has 1 N–H and O–H groups in total. The molecule has 12 heteroatoms. The van der Waals surface area contributed by atoms with Gasteiger partial charge in [0.05, 0.1) is 31.4 Å². The van der Waals surface area contributed by atoms with E-state index in [9.17, 15) is 18.0 Å². The van der Waals surface area contributed by atoms with E-state index in [2.05, 4.69) is 5.32 Å². The predicted octanol–water partition coefficient (Wildman–Crippen LogP) is 4.50. The van der Waals surface area contributed by atoms with Crippen molar-refractivity contribution in [2.24, 2.45) is 0 Å². The zero-order valence-corrected chi connectivity index (χ0v) is 25.9. The first-order chi connectivity index (χ1) is 20.0. The molecule has 10 nitrogen and oxygen atoms in total. The van der Waals surface area contributed by atoms with Gasteiger partial charge in [-0.1, -0.05) is 23.7 Å². The van der Waals surface area contributed by atoms with Gasteiger partial charge in [-0.25, -0.2) is 8.42 Å². The topological polar surface area (TPSA) is 114 Å². The smallest absolute Gasteiger partial charge is 0.264 e. The Hall–Kier alpha value is -3.96. The van der Waals surface area contributed by atoms with Gasteiger partial charge >= 0.3 is 0 Å². The van der Waals surface area contributed by atoms with E-state index in [1.54, 1.807) is 62.4 Å². The maximum absolute atomic E-state index is 14.1. The predicted molar refractivity (Wildman–Crippen MR) is 162 cm³/mol. The Morgan fingerprint density at radius 1 is 0.952 bits per heavy atom. The molecule has 0 saturated heterocycles. The molecule has 0 fully saturated rings. The fraction of sp³-hybridized carbons (Fsp3) is 0.333. The van der Waals surface area contributed by atoms with Crippen LogP contribution in [0.25, 0.3) is 0 Å². The Kier molecular flexibility index (Phi) is 11.5. The van der Waals surface area contributed by atoms with Gasteiger partial charge in [0.2, 0.25) is 11.8 Å². The van der Waals surface area contributed by atoms with Crippen LogP contribution in [0.2, 0.25) is 5.02 Å². The Balaban J connectivity index is 2.08. The van der Waals surface area contributed by atoms with Crippen molar-refractivity contribution >= 4 is 39.1 Å². The third-order valence-electron chi connectivity index (χ3n) is 6.42. The first kappa shape index (κ1) is 32.6. The van der Waals surface area contributed by atoms with Crippen LogP contribution in [0.5, 0.6) is 17.2 Å². The molecule has 0 saturated carbocycles. The van der Waals surface area contributed by atoms with Gasteiger partial charge in [0.25, 0.3) is 10.0 Å². The highest BCUT2D eigenvalue weighted by molar-refractivity contribution is 7.92. The Morgan fingerprint density at radius 3 is 2.24 bits per heavy atom. The molecule has 2 amide bonds. The van der Waals surface area contributed by atoms with Crippen molar-refractivity contribution in [1.29, 1.82) is 0 Å². The molecular weight excluding hydrogens is 582 g/mol. The van der Waals surface area contributed by atoms with Crippen LogP contribution in [-0.4, -0.2) is 65.1 Å². The van der Waals surface area contributed by atoms with E-state index in [0.29, 0.717) is 35.2 Å². The number of methoxy groups -OCH3 is 2. The minimum Gasteiger partial charge on any atom is -0.494 e. The monoisotopic (exact) mass is 617 g/mol. The summed E-state index contributed by atoms with van der Waals surface area (Å²) in [5, 5.41) is 3.20. The summed E-state index contributed by atoms with van der Waals surface area (Å²) >= 11 is 6.17. The number of nitrogens with one attached hydrogen (secondary N) is 1. The maximum atomic E-state index is 14.1. The van der Waals surface area contributed by atoms with Crippen LogP contribution in [-0.2, 0) is 26.2 Å². The molecule has 0 aliphatic rings. The molecule has 0 heterocycles. The van der Waals surface area contributed by atoms with Gasteiger partial charge < -0.3 is 24.4 Å². The van der Waals surface area contributed by atoms with Crippen molar-refractivity contribution in [3.8, 4) is 17.2 Å². The van der Waals surface area contributed by atoms with Crippen molar-refractivity contribution in [2.45, 2.75) is 38.3 Å². The lowest BCUT2D eigenvalue weighted by atomic mass is 10.1. The van der Waals surface area contributed by atoms with Gasteiger partial charge in [0.1, 0.15) is 18.3 Å². The zero-order valence-electron chi connectivity index (χ0n) is 24.3. The largest absolute Gasteiger partial charge is 0.494 e. The van der Waals surface area contributed by atoms with Crippen molar-refractivity contribution in [2.75, 3.05) is 38.2 Å². The molecule has 3 rings (SSSR count). The minimum absolute atomic E-state index is 0.0330. The van der Waals surface area contributed by atoms with Crippen LogP contribution >= 0.6 is 11.6 Å². The minimum atomic E-state index is -4.31. The lowest BCUT2D eigenvalue weighted by Gasteiger charge is -2.32. The van der Waals surface area contributed by atoms with Crippen LogP contribution in [0.1, 0.15) is 26.3 Å². The van der Waals surface area contributed by atoms with E-state index in [1.165, 1.54) is 37.3 Å². The van der Waals surface area contributed by atoms with Crippen molar-refractivity contribution < 1.29 is 32.2 Å². The second-order valence-electron chi connectivity index (χ2n) is 9.18. The molecule has 42 heavy (non-hydrogen) atoms. The summed E-state index contributed by atoms with van der Waals surface area (Å²) in [6.07, 6.45) is 0. The van der Waals surface area contributed by atoms with Crippen molar-refractivity contribution in [3.05, 3.63) is 77.3 Å². The number of carbonyl (C=O) groups excluding carboxylic acids is 2. The summed E-state index contributed by atoms with van der Waals surface area (Å²) in [5.74, 6) is 0.144. The molecule has 1 atom stereocenters. The van der Waals surface area contributed by atoms with Crippen LogP contribution in [0, 0.1) is 0 Å². The molecule has 0 radical (unpaired) electrons. The molecule has 226 valence electrons. The van der Waals surface area contributed by atoms with Gasteiger partial charge in [-0.15, -0.1) is 0 Å². The van der Waals surface area contributed by atoms with Gasteiger partial charge in [-0.3, -0.25) is 13.9 Å². The van der Waals surface area contributed by atoms with E-state index in [0.717, 1.165) is 4.31 Å². The number of rotatable bonds is 14. The average molecular weight is 618 g/mol. The average Bonchev–Trinajstić information content (AvgIpc) is 2.98. The number of halogens is 1. The number of hydrogen-bond donors (Lipinski definition) is 1. The number of likely N-dealkylation sites (N-methyl/N-ethyl adjacent to an activating group) is 1. The highest BCUT2D eigenvalue weighted by Crippen LogP contribution is 2.33. The van der Waals surface area contributed by atoms with Crippen LogP contribution < -0.4 is 23.8 Å². The highest BCUT2D eigenvalue weighted by Gasteiger charge is 2.33. The highest BCUT2D eigenvalue weighted by atomic mass is 35.5. The van der Waals surface area contributed by atoms with E-state index < -0.39 is 28.5 Å². The SMILES string of the molecule is CCNC(=O)C(C)N(Cc1cccc(Cl)c1)C(=O)CN(c1ccc(OCC)cc1)S(=O)(=O)c1ccc(OC)c(OC)c1. The van der Waals surface area contributed by atoms with Gasteiger partial charge in [0.15, 0.2) is 11.5 Å². The number of nitrogens with zero attached hydrogens (tertiary/aromatic N) is 2. The number of carbonyl (C=O) groups is 2. The quantitative estimate of drug-likeness (QED) is 0.283. The number of hydrogen-bond acceptors (Lipinski definition) is 7. The summed E-state index contributed by atoms with van der Waals surface area (Å²) < 4.78 is 45.3. The van der Waals surface area contributed by atoms with E-state index in [1.807, 2.05) is 6.92 Å². The Morgan fingerprint density at radius 2 is 1.64 bits per heavy atom. The number of amides is 2. The fourth-order valence-corrected chi connectivity index (χ4v) is 5.89. The fourth-order valence-electron chi connectivity index (χ4n) is 4.24. The molecular formula is C30H36ClN3O7S. The summed E-state index contributed by atoms with van der Waals surface area (Å²) in [6, 6.07) is 16.6. The third-order valence-corrected chi connectivity index (χ3v) is 8.42. The second-order valence-corrected chi connectivity index (χ2v) is 11.5. The Bertz CT molecular complexity index is 1480. The van der Waals surface area contributed by atoms with E-state index in [-0.39, 0.29) is 28.8 Å². The first-order valence-electron chi connectivity index (χ1n) is 13.3. The Labute approximate surface area is 252 Å². The standard InChI is InChI=1S/C30H36ClN3O7S/c1-6-32-30(36)21(3)33(19-22-9-8-10-23(31)17-22)29(35)20-34(24-11-13-25(14-12-24)41-7-2)42(37,38)26-15-16-27(39-4)28(18-26)40-5/h8-18,21H,6-7,19-20H2,1-5H3,(H,32,36). The second kappa shape index (κ2) is 14.8. The zero-order chi connectivity index (χ0) is 30.9. The number of ether oxygens (including phenoxy) is 3. The third kappa shape index (κ3) is 7.86. The first-order valence-corrected chi connectivity index (χ1v) is 15.2. The normalized spacial score (nSPS) is 11.8. The summed E-state index contributed by atoms with van der Waals surface area (Å²) in [4.78, 5) is 28.0. The van der Waals surface area contributed by atoms with Gasteiger partial charge in [-0.2, -0.15) is 0 Å². The van der Waals surface area contributed by atoms with E-state index in [4.69, 9.17) is 25.8 Å².